The van der Waals surface area contributed by atoms with Gasteiger partial charge in [-0.05, 0) is 23.6 Å². The summed E-state index contributed by atoms with van der Waals surface area (Å²) >= 11 is 0. The lowest BCUT2D eigenvalue weighted by atomic mass is 9.77. The summed E-state index contributed by atoms with van der Waals surface area (Å²) in [4.78, 5) is 12.1. The molecule has 0 radical (unpaired) electrons. The predicted octanol–water partition coefficient (Wildman–Crippen LogP) is 3.70. The second-order valence-corrected chi connectivity index (χ2v) is 6.50. The molecule has 0 saturated heterocycles. The van der Waals surface area contributed by atoms with Crippen molar-refractivity contribution >= 4 is 5.97 Å². The van der Waals surface area contributed by atoms with Crippen molar-refractivity contribution in [3.63, 3.8) is 0 Å². The quantitative estimate of drug-likeness (QED) is 0.776. The Hall–Kier alpha value is -3.15. The van der Waals surface area contributed by atoms with Crippen LogP contribution in [0.3, 0.4) is 0 Å². The number of ether oxygens (including phenoxy) is 2. The first-order chi connectivity index (χ1) is 13.1. The minimum Gasteiger partial charge on any atom is -0.466 e. The molecule has 1 heterocycles. The van der Waals surface area contributed by atoms with Gasteiger partial charge in [-0.15, -0.1) is 0 Å². The maximum atomic E-state index is 12.1. The zero-order chi connectivity index (χ0) is 19.3. The third-order valence-corrected chi connectivity index (χ3v) is 4.82. The van der Waals surface area contributed by atoms with Gasteiger partial charge in [0, 0.05) is 6.42 Å². The van der Waals surface area contributed by atoms with Gasteiger partial charge in [0.05, 0.1) is 25.2 Å². The highest BCUT2D eigenvalue weighted by Gasteiger charge is 2.46. The number of carbonyl (C=O) groups excluding carboxylic acids is 1. The predicted molar refractivity (Wildman–Crippen MR) is 98.2 cm³/mol. The lowest BCUT2D eigenvalue weighted by Crippen LogP contribution is -2.38. The molecule has 5 heteroatoms. The van der Waals surface area contributed by atoms with E-state index in [4.69, 9.17) is 9.47 Å². The molecule has 0 bridgehead atoms. The van der Waals surface area contributed by atoms with Crippen molar-refractivity contribution in [2.45, 2.75) is 32.0 Å². The SMILES string of the molecule is CCOC(=O)C[C@H]1O[C@@H](c2ccccc2)c2ccccc2CC1(C#N)C#N. The van der Waals surface area contributed by atoms with Crippen LogP contribution in [0.1, 0.15) is 36.1 Å². The van der Waals surface area contributed by atoms with Crippen molar-refractivity contribution < 1.29 is 14.3 Å². The highest BCUT2D eigenvalue weighted by Crippen LogP contribution is 2.42. The van der Waals surface area contributed by atoms with E-state index in [0.29, 0.717) is 0 Å². The monoisotopic (exact) mass is 360 g/mol. The molecule has 0 aromatic heterocycles. The number of fused-ring (bicyclic) bond motifs is 1. The van der Waals surface area contributed by atoms with E-state index in [-0.39, 0.29) is 19.4 Å². The summed E-state index contributed by atoms with van der Waals surface area (Å²) in [5, 5.41) is 19.7. The molecule has 3 rings (SSSR count). The van der Waals surface area contributed by atoms with E-state index in [0.717, 1.165) is 16.7 Å². The minimum absolute atomic E-state index is 0.147. The van der Waals surface area contributed by atoms with Gasteiger partial charge < -0.3 is 9.47 Å². The Bertz CT molecular complexity index is 882. The van der Waals surface area contributed by atoms with E-state index in [1.165, 1.54) is 0 Å². The van der Waals surface area contributed by atoms with Crippen LogP contribution in [0, 0.1) is 28.1 Å². The van der Waals surface area contributed by atoms with Crippen LogP contribution in [0.5, 0.6) is 0 Å². The Morgan fingerprint density at radius 3 is 2.48 bits per heavy atom. The third kappa shape index (κ3) is 3.69. The summed E-state index contributed by atoms with van der Waals surface area (Å²) in [5.41, 5.74) is 1.23. The van der Waals surface area contributed by atoms with Crippen LogP contribution >= 0.6 is 0 Å². The number of rotatable bonds is 4. The van der Waals surface area contributed by atoms with Crippen LogP contribution in [0.2, 0.25) is 0 Å². The Balaban J connectivity index is 2.10. The Labute approximate surface area is 158 Å². The van der Waals surface area contributed by atoms with Crippen LogP contribution in [0.4, 0.5) is 0 Å². The molecule has 0 spiro atoms. The van der Waals surface area contributed by atoms with Gasteiger partial charge in [0.25, 0.3) is 0 Å². The van der Waals surface area contributed by atoms with Crippen molar-refractivity contribution in [3.05, 3.63) is 71.3 Å². The Kier molecular flexibility index (Phi) is 5.54. The highest BCUT2D eigenvalue weighted by molar-refractivity contribution is 5.70. The first-order valence-electron chi connectivity index (χ1n) is 8.90. The molecule has 0 N–H and O–H groups in total. The average Bonchev–Trinajstić information content (AvgIpc) is 2.84. The zero-order valence-electron chi connectivity index (χ0n) is 15.1. The van der Waals surface area contributed by atoms with Crippen LogP contribution in [-0.4, -0.2) is 18.7 Å². The van der Waals surface area contributed by atoms with Gasteiger partial charge in [-0.1, -0.05) is 54.6 Å². The number of nitrogens with zero attached hydrogens (tertiary/aromatic N) is 2. The maximum Gasteiger partial charge on any atom is 0.308 e. The fraction of sp³-hybridized carbons (Fsp3) is 0.318. The largest absolute Gasteiger partial charge is 0.466 e. The Morgan fingerprint density at radius 1 is 1.15 bits per heavy atom. The minimum atomic E-state index is -1.47. The molecule has 0 fully saturated rings. The van der Waals surface area contributed by atoms with E-state index in [1.54, 1.807) is 6.92 Å². The van der Waals surface area contributed by atoms with Crippen molar-refractivity contribution in [3.8, 4) is 12.1 Å². The van der Waals surface area contributed by atoms with Crippen LogP contribution in [0.25, 0.3) is 0 Å². The molecule has 2 aromatic rings. The summed E-state index contributed by atoms with van der Waals surface area (Å²) in [5.74, 6) is -0.477. The fourth-order valence-corrected chi connectivity index (χ4v) is 3.45. The summed E-state index contributed by atoms with van der Waals surface area (Å²) in [6.45, 7) is 1.95. The van der Waals surface area contributed by atoms with E-state index in [1.807, 2.05) is 54.6 Å². The molecule has 1 aliphatic heterocycles. The van der Waals surface area contributed by atoms with Gasteiger partial charge in [-0.25, -0.2) is 0 Å². The zero-order valence-corrected chi connectivity index (χ0v) is 15.1. The van der Waals surface area contributed by atoms with Gasteiger partial charge >= 0.3 is 5.97 Å². The molecule has 0 aliphatic carbocycles. The molecule has 0 saturated carbocycles. The molecule has 0 amide bonds. The number of benzene rings is 2. The van der Waals surface area contributed by atoms with Crippen LogP contribution in [0.15, 0.2) is 54.6 Å². The van der Waals surface area contributed by atoms with Crippen molar-refractivity contribution in [1.29, 1.82) is 10.5 Å². The molecule has 2 atom stereocenters. The molecule has 1 aliphatic rings. The summed E-state index contributed by atoms with van der Waals surface area (Å²) in [6, 6.07) is 21.5. The average molecular weight is 360 g/mol. The summed E-state index contributed by atoms with van der Waals surface area (Å²) in [7, 11) is 0. The fourth-order valence-electron chi connectivity index (χ4n) is 3.45. The standard InChI is InChI=1S/C22H20N2O3/c1-2-26-20(25)12-19-22(14-23,15-24)13-17-10-6-7-11-18(17)21(27-19)16-8-4-3-5-9-16/h3-11,19,21H,2,12-13H2,1H3/t19-,21+/m1/s1. The van der Waals surface area contributed by atoms with Gasteiger partial charge in [0.2, 0.25) is 0 Å². The third-order valence-electron chi connectivity index (χ3n) is 4.82. The normalized spacial score (nSPS) is 20.4. The van der Waals surface area contributed by atoms with E-state index in [2.05, 4.69) is 12.1 Å². The maximum absolute atomic E-state index is 12.1. The topological polar surface area (TPSA) is 83.1 Å². The number of nitriles is 2. The lowest BCUT2D eigenvalue weighted by Gasteiger charge is -2.28. The van der Waals surface area contributed by atoms with Gasteiger partial charge in [0.15, 0.2) is 5.41 Å². The van der Waals surface area contributed by atoms with Gasteiger partial charge in [-0.2, -0.15) is 10.5 Å². The van der Waals surface area contributed by atoms with Crippen LogP contribution in [-0.2, 0) is 20.7 Å². The Morgan fingerprint density at radius 2 is 1.81 bits per heavy atom. The van der Waals surface area contributed by atoms with Crippen molar-refractivity contribution in [1.82, 2.24) is 0 Å². The second-order valence-electron chi connectivity index (χ2n) is 6.50. The smallest absolute Gasteiger partial charge is 0.308 e. The first kappa shape index (κ1) is 18.6. The van der Waals surface area contributed by atoms with E-state index in [9.17, 15) is 15.3 Å². The molecule has 2 aromatic carbocycles. The number of esters is 1. The summed E-state index contributed by atoms with van der Waals surface area (Å²) < 4.78 is 11.3. The first-order valence-corrected chi connectivity index (χ1v) is 8.90. The summed E-state index contributed by atoms with van der Waals surface area (Å²) in [6.07, 6.45) is -1.31. The number of carbonyl (C=O) groups is 1. The lowest BCUT2D eigenvalue weighted by molar-refractivity contribution is -0.149. The van der Waals surface area contributed by atoms with E-state index < -0.39 is 23.6 Å². The van der Waals surface area contributed by atoms with Crippen molar-refractivity contribution in [2.75, 3.05) is 6.61 Å². The van der Waals surface area contributed by atoms with E-state index >= 15 is 0 Å². The molecule has 0 unspecified atom stereocenters. The molecule has 136 valence electrons. The van der Waals surface area contributed by atoms with Gasteiger partial charge in [-0.3, -0.25) is 4.79 Å². The molecular weight excluding hydrogens is 340 g/mol. The molecule has 5 nitrogen and oxygen atoms in total. The van der Waals surface area contributed by atoms with Crippen molar-refractivity contribution in [2.24, 2.45) is 5.41 Å². The number of hydrogen-bond donors (Lipinski definition) is 0. The highest BCUT2D eigenvalue weighted by atomic mass is 16.5. The van der Waals surface area contributed by atoms with Crippen LogP contribution < -0.4 is 0 Å². The number of hydrogen-bond acceptors (Lipinski definition) is 5. The van der Waals surface area contributed by atoms with Gasteiger partial charge in [0.1, 0.15) is 12.2 Å². The molecular formula is C22H20N2O3. The molecule has 27 heavy (non-hydrogen) atoms. The second kappa shape index (κ2) is 8.03.